The average molecular weight is 824 g/mol. The molecule has 1 unspecified atom stereocenters. The first kappa shape index (κ1) is 46.8. The molecule has 15 nitrogen and oxygen atoms in total. The summed E-state index contributed by atoms with van der Waals surface area (Å²) in [5, 5.41) is 11.8. The SMILES string of the molecule is C=CCO[C@@]1(C)C[C@@H](C)C2=NCCN3C(=O)O[C@](C)([C@H](C)OC(=O)[C@H](C)[C@@H](O[C@H]4C[C@@](C)(OC)[C@@H](OC)[C@H](C)O4)[C@H](C)[C@H]1O[C@H]1O[C@@H](C)C[C@@H](N(C)C)C1O)[C@H]3[C@@H]2C. The van der Waals surface area contributed by atoms with E-state index in [1.165, 1.54) is 0 Å². The van der Waals surface area contributed by atoms with E-state index < -0.39 is 89.8 Å². The van der Waals surface area contributed by atoms with Crippen molar-refractivity contribution in [2.24, 2.45) is 28.7 Å². The predicted molar refractivity (Wildman–Crippen MR) is 216 cm³/mol. The lowest BCUT2D eigenvalue weighted by Crippen LogP contribution is -2.61. The highest BCUT2D eigenvalue weighted by Gasteiger charge is 2.60. The summed E-state index contributed by atoms with van der Waals surface area (Å²) in [5.74, 6) is -2.49. The number of aliphatic hydroxyl groups is 1. The molecule has 5 heterocycles. The molecule has 5 aliphatic heterocycles. The summed E-state index contributed by atoms with van der Waals surface area (Å²) >= 11 is 0. The number of carbonyl (C=O) groups excluding carboxylic acids is 2. The Balaban J connectivity index is 1.67. The fourth-order valence-electron chi connectivity index (χ4n) is 10.7. The maximum atomic E-state index is 14.6. The van der Waals surface area contributed by atoms with Crippen LogP contribution in [-0.4, -0.2) is 165 Å². The third-order valence-electron chi connectivity index (χ3n) is 13.9. The molecule has 1 amide bonds. The van der Waals surface area contributed by atoms with Crippen LogP contribution < -0.4 is 0 Å². The first-order chi connectivity index (χ1) is 27.2. The van der Waals surface area contributed by atoms with Crippen molar-refractivity contribution in [3.63, 3.8) is 0 Å². The van der Waals surface area contributed by atoms with Crippen LogP contribution in [0, 0.1) is 23.7 Å². The van der Waals surface area contributed by atoms with Crippen molar-refractivity contribution in [1.82, 2.24) is 9.80 Å². The lowest BCUT2D eigenvalue weighted by Gasteiger charge is -2.50. The second-order valence-corrected chi connectivity index (χ2v) is 18.4. The lowest BCUT2D eigenvalue weighted by atomic mass is 9.73. The molecule has 0 spiro atoms. The van der Waals surface area contributed by atoms with Gasteiger partial charge in [0.2, 0.25) is 0 Å². The Bertz CT molecular complexity index is 1480. The van der Waals surface area contributed by atoms with Crippen LogP contribution in [0.25, 0.3) is 0 Å². The standard InChI is InChI=1S/C43H73N3O12/c1-16-19-52-42(10)21-23(2)32-25(4)35-43(11,58-40(49)46(35)18-17-44-32)29(8)55-38(48)27(6)34(56-31-22-41(9,51-15)37(50-14)28(7)54-31)26(5)36(42)57-39-33(47)30(45(12)13)20-24(3)53-39/h16,23-31,33-37,39,47H,1,17-22H2,2-15H3/t23-,24+,25-,26+,27-,28+,29+,30-,31+,33?,34+,35-,36-,37+,39-,41-,42+,43-/m1/s1. The number of aliphatic hydroxyl groups excluding tert-OH is 1. The highest BCUT2D eigenvalue weighted by atomic mass is 16.7. The van der Waals surface area contributed by atoms with E-state index in [4.69, 9.17) is 47.6 Å². The molecule has 0 radical (unpaired) electrons. The van der Waals surface area contributed by atoms with Gasteiger partial charge >= 0.3 is 12.1 Å². The number of fused-ring (bicyclic) bond motifs is 1. The number of methoxy groups -OCH3 is 2. The fraction of sp³-hybridized carbons (Fsp3) is 0.884. The van der Waals surface area contributed by atoms with Gasteiger partial charge < -0.3 is 52.6 Å². The number of hydrogen-bond acceptors (Lipinski definition) is 14. The first-order valence-electron chi connectivity index (χ1n) is 21.2. The molecule has 0 aliphatic carbocycles. The Morgan fingerprint density at radius 3 is 2.28 bits per heavy atom. The summed E-state index contributed by atoms with van der Waals surface area (Å²) in [4.78, 5) is 37.0. The molecule has 5 aliphatic rings. The second kappa shape index (κ2) is 18.4. The summed E-state index contributed by atoms with van der Waals surface area (Å²) in [5.41, 5.74) is -2.15. The zero-order valence-corrected chi connectivity index (χ0v) is 37.5. The van der Waals surface area contributed by atoms with Gasteiger partial charge in [0, 0.05) is 50.8 Å². The molecular weight excluding hydrogens is 750 g/mol. The summed E-state index contributed by atoms with van der Waals surface area (Å²) in [6, 6.07) is -0.701. The molecule has 2 bridgehead atoms. The van der Waals surface area contributed by atoms with Crippen LogP contribution >= 0.6 is 0 Å². The predicted octanol–water partition coefficient (Wildman–Crippen LogP) is 4.61. The largest absolute Gasteiger partial charge is 0.458 e. The minimum atomic E-state index is -1.18. The van der Waals surface area contributed by atoms with Gasteiger partial charge in [0.15, 0.2) is 18.2 Å². The number of hydrogen-bond donors (Lipinski definition) is 1. The van der Waals surface area contributed by atoms with Crippen LogP contribution in [0.4, 0.5) is 4.79 Å². The van der Waals surface area contributed by atoms with Crippen molar-refractivity contribution < 1.29 is 57.3 Å². The summed E-state index contributed by atoms with van der Waals surface area (Å²) < 4.78 is 58.2. The van der Waals surface area contributed by atoms with Gasteiger partial charge in [-0.2, -0.15) is 0 Å². The number of esters is 1. The molecular formula is C43H73N3O12. The maximum Gasteiger partial charge on any atom is 0.410 e. The first-order valence-corrected chi connectivity index (χ1v) is 21.2. The van der Waals surface area contributed by atoms with Crippen LogP contribution in [-0.2, 0) is 47.4 Å². The molecule has 5 rings (SSSR count). The van der Waals surface area contributed by atoms with E-state index in [9.17, 15) is 14.7 Å². The number of amides is 1. The van der Waals surface area contributed by atoms with Crippen molar-refractivity contribution in [2.45, 2.75) is 173 Å². The maximum absolute atomic E-state index is 14.6. The molecule has 15 heteroatoms. The Morgan fingerprint density at radius 1 is 0.966 bits per heavy atom. The minimum Gasteiger partial charge on any atom is -0.458 e. The number of aliphatic imine (C=N–C) groups is 1. The van der Waals surface area contributed by atoms with Crippen LogP contribution in [0.15, 0.2) is 17.6 Å². The highest BCUT2D eigenvalue weighted by Crippen LogP contribution is 2.45. The van der Waals surface area contributed by atoms with Crippen molar-refractivity contribution >= 4 is 17.8 Å². The summed E-state index contributed by atoms with van der Waals surface area (Å²) in [6.45, 7) is 24.3. The topological polar surface area (TPSA) is 156 Å². The molecule has 0 saturated carbocycles. The molecule has 4 saturated heterocycles. The lowest BCUT2D eigenvalue weighted by molar-refractivity contribution is -0.321. The van der Waals surface area contributed by atoms with Gasteiger partial charge in [-0.3, -0.25) is 14.7 Å². The van der Waals surface area contributed by atoms with E-state index in [1.807, 2.05) is 60.5 Å². The normalized spacial score (nSPS) is 46.8. The zero-order chi connectivity index (χ0) is 43.1. The van der Waals surface area contributed by atoms with Crippen LogP contribution in [0.2, 0.25) is 0 Å². The van der Waals surface area contributed by atoms with Gasteiger partial charge in [-0.1, -0.05) is 26.8 Å². The van der Waals surface area contributed by atoms with E-state index in [2.05, 4.69) is 20.4 Å². The number of cyclic esters (lactones) is 1. The molecule has 4 fully saturated rings. The smallest absolute Gasteiger partial charge is 0.410 e. The van der Waals surface area contributed by atoms with E-state index in [0.29, 0.717) is 32.4 Å². The van der Waals surface area contributed by atoms with E-state index in [-0.39, 0.29) is 36.7 Å². The molecule has 1 N–H and O–H groups in total. The van der Waals surface area contributed by atoms with Crippen LogP contribution in [0.5, 0.6) is 0 Å². The molecule has 0 aromatic carbocycles. The van der Waals surface area contributed by atoms with Crippen molar-refractivity contribution in [3.05, 3.63) is 12.7 Å². The van der Waals surface area contributed by atoms with E-state index in [1.54, 1.807) is 39.0 Å². The quantitative estimate of drug-likeness (QED) is 0.241. The van der Waals surface area contributed by atoms with Gasteiger partial charge in [0.25, 0.3) is 0 Å². The third-order valence-corrected chi connectivity index (χ3v) is 13.9. The molecule has 58 heavy (non-hydrogen) atoms. The Kier molecular flexibility index (Phi) is 14.9. The van der Waals surface area contributed by atoms with Crippen LogP contribution in [0.3, 0.4) is 0 Å². The minimum absolute atomic E-state index is 0.179. The van der Waals surface area contributed by atoms with Gasteiger partial charge in [-0.05, 0) is 81.3 Å². The van der Waals surface area contributed by atoms with Crippen molar-refractivity contribution in [3.8, 4) is 0 Å². The molecule has 0 aromatic heterocycles. The third kappa shape index (κ3) is 9.04. The van der Waals surface area contributed by atoms with E-state index in [0.717, 1.165) is 5.71 Å². The molecule has 332 valence electrons. The molecule has 18 atom stereocenters. The summed E-state index contributed by atoms with van der Waals surface area (Å²) in [6.07, 6.45) is -3.87. The Labute approximate surface area is 346 Å². The van der Waals surface area contributed by atoms with Gasteiger partial charge in [-0.15, -0.1) is 6.58 Å². The number of rotatable bonds is 10. The number of nitrogens with zero attached hydrogens (tertiary/aromatic N) is 3. The Morgan fingerprint density at radius 2 is 1.66 bits per heavy atom. The van der Waals surface area contributed by atoms with E-state index >= 15 is 0 Å². The van der Waals surface area contributed by atoms with Gasteiger partial charge in [0.05, 0.1) is 60.7 Å². The molecule has 0 aromatic rings. The summed E-state index contributed by atoms with van der Waals surface area (Å²) in [7, 11) is 7.13. The Hall–Kier alpha value is -2.21. The second-order valence-electron chi connectivity index (χ2n) is 18.4. The average Bonchev–Trinajstić information content (AvgIpc) is 3.29. The highest BCUT2D eigenvalue weighted by molar-refractivity contribution is 5.91. The number of carbonyl (C=O) groups is 2. The number of likely N-dealkylation sites (N-methyl/N-ethyl adjacent to an activating group) is 1. The van der Waals surface area contributed by atoms with Gasteiger partial charge in [0.1, 0.15) is 18.3 Å². The fourth-order valence-corrected chi connectivity index (χ4v) is 10.7. The number of ether oxygens (including phenoxy) is 9. The zero-order valence-electron chi connectivity index (χ0n) is 37.5. The van der Waals surface area contributed by atoms with Crippen LogP contribution in [0.1, 0.15) is 88.5 Å². The van der Waals surface area contributed by atoms with Crippen molar-refractivity contribution in [1.29, 1.82) is 0 Å². The van der Waals surface area contributed by atoms with Crippen molar-refractivity contribution in [2.75, 3.05) is 48.0 Å². The van der Waals surface area contributed by atoms with Gasteiger partial charge in [-0.25, -0.2) is 4.79 Å². The monoisotopic (exact) mass is 824 g/mol.